The molecule has 0 amide bonds. The number of alkyl halides is 1. The van der Waals surface area contributed by atoms with E-state index in [1.54, 1.807) is 12.4 Å². The minimum atomic E-state index is 0.349. The van der Waals surface area contributed by atoms with Gasteiger partial charge in [-0.1, -0.05) is 0 Å². The summed E-state index contributed by atoms with van der Waals surface area (Å²) in [5, 5.41) is 0.349. The highest BCUT2D eigenvalue weighted by molar-refractivity contribution is 6.20. The summed E-state index contributed by atoms with van der Waals surface area (Å²) in [7, 11) is 0. The number of halogens is 1. The molecular weight excluding hydrogens is 184 g/mol. The average Bonchev–Trinajstić information content (AvgIpc) is 2.99. The molecule has 0 bridgehead atoms. The first kappa shape index (κ1) is 8.95. The summed E-state index contributed by atoms with van der Waals surface area (Å²) in [4.78, 5) is 8.23. The Labute approximate surface area is 83.4 Å². The number of nitrogens with zero attached hydrogens (tertiary/aromatic N) is 2. The molecule has 1 aliphatic rings. The lowest BCUT2D eigenvalue weighted by molar-refractivity contribution is 0.668. The second-order valence-electron chi connectivity index (χ2n) is 3.59. The second kappa shape index (κ2) is 4.05. The van der Waals surface area contributed by atoms with Crippen LogP contribution in [-0.4, -0.2) is 15.3 Å². The predicted octanol–water partition coefficient (Wildman–Crippen LogP) is 2.43. The minimum Gasteiger partial charge on any atom is -0.261 e. The van der Waals surface area contributed by atoms with Crippen LogP contribution in [0.25, 0.3) is 0 Å². The SMILES string of the molecule is ClC(CCc1cnccn1)C1CC1. The van der Waals surface area contributed by atoms with E-state index >= 15 is 0 Å². The molecular formula is C10H13ClN2. The van der Waals surface area contributed by atoms with E-state index in [1.807, 2.05) is 6.20 Å². The lowest BCUT2D eigenvalue weighted by Crippen LogP contribution is -2.03. The standard InChI is InChI=1S/C10H13ClN2/c11-10(8-1-2-8)4-3-9-7-12-5-6-13-9/h5-8,10H,1-4H2. The zero-order chi connectivity index (χ0) is 9.10. The van der Waals surface area contributed by atoms with Crippen LogP contribution in [0, 0.1) is 5.92 Å². The van der Waals surface area contributed by atoms with Gasteiger partial charge in [-0.15, -0.1) is 11.6 Å². The Morgan fingerprint density at radius 3 is 2.92 bits per heavy atom. The van der Waals surface area contributed by atoms with E-state index in [0.29, 0.717) is 5.38 Å². The van der Waals surface area contributed by atoms with E-state index in [1.165, 1.54) is 12.8 Å². The molecule has 0 saturated heterocycles. The summed E-state index contributed by atoms with van der Waals surface area (Å²) in [6.07, 6.45) is 9.86. The Hall–Kier alpha value is -0.630. The first-order valence-electron chi connectivity index (χ1n) is 4.75. The predicted molar refractivity (Wildman–Crippen MR) is 52.7 cm³/mol. The molecule has 1 fully saturated rings. The van der Waals surface area contributed by atoms with Gasteiger partial charge < -0.3 is 0 Å². The molecule has 1 unspecified atom stereocenters. The van der Waals surface area contributed by atoms with Gasteiger partial charge in [-0.25, -0.2) is 0 Å². The highest BCUT2D eigenvalue weighted by Gasteiger charge is 2.29. The topological polar surface area (TPSA) is 25.8 Å². The maximum atomic E-state index is 6.18. The molecule has 0 radical (unpaired) electrons. The van der Waals surface area contributed by atoms with E-state index in [4.69, 9.17) is 11.6 Å². The van der Waals surface area contributed by atoms with Crippen molar-refractivity contribution in [3.8, 4) is 0 Å². The highest BCUT2D eigenvalue weighted by atomic mass is 35.5. The summed E-state index contributed by atoms with van der Waals surface area (Å²) in [5.41, 5.74) is 1.05. The number of rotatable bonds is 4. The van der Waals surface area contributed by atoms with Crippen LogP contribution >= 0.6 is 11.6 Å². The van der Waals surface area contributed by atoms with Crippen molar-refractivity contribution in [2.24, 2.45) is 5.92 Å². The van der Waals surface area contributed by atoms with Crippen LogP contribution < -0.4 is 0 Å². The van der Waals surface area contributed by atoms with Crippen LogP contribution in [0.3, 0.4) is 0 Å². The van der Waals surface area contributed by atoms with E-state index in [0.717, 1.165) is 24.5 Å². The first-order valence-corrected chi connectivity index (χ1v) is 5.19. The molecule has 0 spiro atoms. The van der Waals surface area contributed by atoms with Crippen LogP contribution in [0.4, 0.5) is 0 Å². The van der Waals surface area contributed by atoms with Crippen LogP contribution in [0.2, 0.25) is 0 Å². The summed E-state index contributed by atoms with van der Waals surface area (Å²) >= 11 is 6.18. The molecule has 3 heteroatoms. The summed E-state index contributed by atoms with van der Waals surface area (Å²) in [6, 6.07) is 0. The van der Waals surface area contributed by atoms with Crippen LogP contribution in [0.1, 0.15) is 25.0 Å². The Morgan fingerprint density at radius 2 is 2.31 bits per heavy atom. The lowest BCUT2D eigenvalue weighted by atomic mass is 10.1. The Kier molecular flexibility index (Phi) is 2.79. The van der Waals surface area contributed by atoms with Gasteiger partial charge in [0.25, 0.3) is 0 Å². The van der Waals surface area contributed by atoms with Gasteiger partial charge in [-0.3, -0.25) is 9.97 Å². The molecule has 2 nitrogen and oxygen atoms in total. The molecule has 0 aliphatic heterocycles. The summed E-state index contributed by atoms with van der Waals surface area (Å²) < 4.78 is 0. The maximum absolute atomic E-state index is 6.18. The van der Waals surface area contributed by atoms with Gasteiger partial charge in [-0.05, 0) is 31.6 Å². The zero-order valence-corrected chi connectivity index (χ0v) is 8.24. The van der Waals surface area contributed by atoms with Crippen molar-refractivity contribution in [3.05, 3.63) is 24.3 Å². The normalized spacial score (nSPS) is 18.5. The van der Waals surface area contributed by atoms with Gasteiger partial charge in [0.1, 0.15) is 0 Å². The van der Waals surface area contributed by atoms with Gasteiger partial charge >= 0.3 is 0 Å². The van der Waals surface area contributed by atoms with E-state index in [2.05, 4.69) is 9.97 Å². The summed E-state index contributed by atoms with van der Waals surface area (Å²) in [5.74, 6) is 0.776. The van der Waals surface area contributed by atoms with Crippen LogP contribution in [-0.2, 0) is 6.42 Å². The number of hydrogen-bond acceptors (Lipinski definition) is 2. The van der Waals surface area contributed by atoms with E-state index in [9.17, 15) is 0 Å². The molecule has 1 aromatic heterocycles. The largest absolute Gasteiger partial charge is 0.261 e. The van der Waals surface area contributed by atoms with Gasteiger partial charge in [0.15, 0.2) is 0 Å². The number of aryl methyl sites for hydroxylation is 1. The molecule has 0 aromatic carbocycles. The van der Waals surface area contributed by atoms with Gasteiger partial charge in [-0.2, -0.15) is 0 Å². The fourth-order valence-electron chi connectivity index (χ4n) is 1.44. The van der Waals surface area contributed by atoms with Crippen molar-refractivity contribution < 1.29 is 0 Å². The molecule has 0 N–H and O–H groups in total. The molecule has 70 valence electrons. The van der Waals surface area contributed by atoms with Crippen molar-refractivity contribution in [2.45, 2.75) is 31.1 Å². The Morgan fingerprint density at radius 1 is 1.46 bits per heavy atom. The van der Waals surface area contributed by atoms with E-state index in [-0.39, 0.29) is 0 Å². The molecule has 1 heterocycles. The molecule has 1 aromatic rings. The minimum absolute atomic E-state index is 0.349. The zero-order valence-electron chi connectivity index (χ0n) is 7.49. The maximum Gasteiger partial charge on any atom is 0.0587 e. The van der Waals surface area contributed by atoms with Crippen molar-refractivity contribution in [1.82, 2.24) is 9.97 Å². The fourth-order valence-corrected chi connectivity index (χ4v) is 1.80. The van der Waals surface area contributed by atoms with E-state index < -0.39 is 0 Å². The van der Waals surface area contributed by atoms with Crippen molar-refractivity contribution in [2.75, 3.05) is 0 Å². The molecule has 13 heavy (non-hydrogen) atoms. The average molecular weight is 197 g/mol. The van der Waals surface area contributed by atoms with Crippen LogP contribution in [0.5, 0.6) is 0 Å². The first-order chi connectivity index (χ1) is 6.36. The fraction of sp³-hybridized carbons (Fsp3) is 0.600. The lowest BCUT2D eigenvalue weighted by Gasteiger charge is -2.05. The molecule has 2 rings (SSSR count). The third-order valence-electron chi connectivity index (χ3n) is 2.43. The van der Waals surface area contributed by atoms with Crippen molar-refractivity contribution >= 4 is 11.6 Å². The quantitative estimate of drug-likeness (QED) is 0.692. The summed E-state index contributed by atoms with van der Waals surface area (Å²) in [6.45, 7) is 0. The van der Waals surface area contributed by atoms with Crippen molar-refractivity contribution in [3.63, 3.8) is 0 Å². The highest BCUT2D eigenvalue weighted by Crippen LogP contribution is 2.37. The number of hydrogen-bond donors (Lipinski definition) is 0. The van der Waals surface area contributed by atoms with Gasteiger partial charge in [0.2, 0.25) is 0 Å². The molecule has 1 aliphatic carbocycles. The third-order valence-corrected chi connectivity index (χ3v) is 3.00. The second-order valence-corrected chi connectivity index (χ2v) is 4.15. The van der Waals surface area contributed by atoms with Gasteiger partial charge in [0, 0.05) is 24.0 Å². The Balaban J connectivity index is 1.78. The van der Waals surface area contributed by atoms with Crippen molar-refractivity contribution in [1.29, 1.82) is 0 Å². The smallest absolute Gasteiger partial charge is 0.0587 e. The molecule has 1 saturated carbocycles. The number of aromatic nitrogens is 2. The third kappa shape index (κ3) is 2.66. The van der Waals surface area contributed by atoms with Gasteiger partial charge in [0.05, 0.1) is 5.69 Å². The monoisotopic (exact) mass is 196 g/mol. The molecule has 1 atom stereocenters. The van der Waals surface area contributed by atoms with Crippen LogP contribution in [0.15, 0.2) is 18.6 Å². The Bertz CT molecular complexity index is 259.